The van der Waals surface area contributed by atoms with Crippen LogP contribution in [0.2, 0.25) is 5.02 Å². The lowest BCUT2D eigenvalue weighted by molar-refractivity contribution is -0.114. The SMILES string of the molecule is COc1cc(C=CC(=O)c2cccc(NC(C)=O)c2)cc(Cl)c1OC. The first-order valence-corrected chi connectivity index (χ1v) is 7.84. The van der Waals surface area contributed by atoms with Gasteiger partial charge in [0.15, 0.2) is 17.3 Å². The number of amides is 1. The molecule has 0 bridgehead atoms. The number of nitrogens with one attached hydrogen (secondary N) is 1. The van der Waals surface area contributed by atoms with Crippen LogP contribution in [0.5, 0.6) is 11.5 Å². The summed E-state index contributed by atoms with van der Waals surface area (Å²) in [6.07, 6.45) is 3.08. The van der Waals surface area contributed by atoms with E-state index in [0.29, 0.717) is 33.3 Å². The number of ketones is 1. The molecule has 1 amide bonds. The zero-order valence-corrected chi connectivity index (χ0v) is 14.9. The van der Waals surface area contributed by atoms with Crippen LogP contribution in [0.4, 0.5) is 5.69 Å². The predicted octanol–water partition coefficient (Wildman–Crippen LogP) is 4.21. The third kappa shape index (κ3) is 4.84. The number of allylic oxidation sites excluding steroid dienone is 1. The Morgan fingerprint density at radius 3 is 2.52 bits per heavy atom. The van der Waals surface area contributed by atoms with E-state index in [0.717, 1.165) is 0 Å². The largest absolute Gasteiger partial charge is 0.493 e. The molecule has 0 heterocycles. The summed E-state index contributed by atoms with van der Waals surface area (Å²) in [5, 5.41) is 3.04. The van der Waals surface area contributed by atoms with Crippen LogP contribution >= 0.6 is 11.6 Å². The van der Waals surface area contributed by atoms with E-state index in [2.05, 4.69) is 5.32 Å². The fourth-order valence-electron chi connectivity index (χ4n) is 2.26. The number of rotatable bonds is 6. The van der Waals surface area contributed by atoms with E-state index < -0.39 is 0 Å². The summed E-state index contributed by atoms with van der Waals surface area (Å²) in [5.74, 6) is 0.531. The van der Waals surface area contributed by atoms with Crippen LogP contribution in [0.3, 0.4) is 0 Å². The molecule has 0 atom stereocenters. The zero-order chi connectivity index (χ0) is 18.4. The van der Waals surface area contributed by atoms with Gasteiger partial charge in [-0.05, 0) is 35.9 Å². The second-order valence-corrected chi connectivity index (χ2v) is 5.61. The predicted molar refractivity (Wildman–Crippen MR) is 98.7 cm³/mol. The molecule has 2 aromatic carbocycles. The minimum atomic E-state index is -0.196. The van der Waals surface area contributed by atoms with Gasteiger partial charge in [0.1, 0.15) is 0 Å². The maximum Gasteiger partial charge on any atom is 0.221 e. The van der Waals surface area contributed by atoms with Crippen molar-refractivity contribution in [1.29, 1.82) is 0 Å². The van der Waals surface area contributed by atoms with Gasteiger partial charge in [-0.15, -0.1) is 0 Å². The van der Waals surface area contributed by atoms with Crippen molar-refractivity contribution in [1.82, 2.24) is 0 Å². The second kappa shape index (κ2) is 8.35. The molecule has 0 saturated carbocycles. The highest BCUT2D eigenvalue weighted by Crippen LogP contribution is 2.36. The zero-order valence-electron chi connectivity index (χ0n) is 14.1. The highest BCUT2D eigenvalue weighted by molar-refractivity contribution is 6.32. The van der Waals surface area contributed by atoms with Gasteiger partial charge >= 0.3 is 0 Å². The number of benzene rings is 2. The number of hydrogen-bond acceptors (Lipinski definition) is 4. The number of halogens is 1. The first kappa shape index (κ1) is 18.5. The maximum atomic E-state index is 12.3. The van der Waals surface area contributed by atoms with E-state index in [1.54, 1.807) is 42.5 Å². The van der Waals surface area contributed by atoms with E-state index in [-0.39, 0.29) is 11.7 Å². The second-order valence-electron chi connectivity index (χ2n) is 5.20. The molecular formula is C19H18ClNO4. The van der Waals surface area contributed by atoms with Crippen molar-refractivity contribution in [2.24, 2.45) is 0 Å². The summed E-state index contributed by atoms with van der Waals surface area (Å²) < 4.78 is 10.4. The lowest BCUT2D eigenvalue weighted by atomic mass is 10.1. The monoisotopic (exact) mass is 359 g/mol. The lowest BCUT2D eigenvalue weighted by Crippen LogP contribution is -2.06. The van der Waals surface area contributed by atoms with E-state index in [9.17, 15) is 9.59 Å². The van der Waals surface area contributed by atoms with E-state index in [1.807, 2.05) is 0 Å². The minimum Gasteiger partial charge on any atom is -0.493 e. The van der Waals surface area contributed by atoms with Gasteiger partial charge in [0.2, 0.25) is 5.91 Å². The topological polar surface area (TPSA) is 64.6 Å². The van der Waals surface area contributed by atoms with Gasteiger partial charge in [-0.3, -0.25) is 9.59 Å². The van der Waals surface area contributed by atoms with Gasteiger partial charge in [-0.2, -0.15) is 0 Å². The highest BCUT2D eigenvalue weighted by atomic mass is 35.5. The summed E-state index contributed by atoms with van der Waals surface area (Å²) in [6, 6.07) is 10.1. The molecule has 2 aromatic rings. The number of hydrogen-bond donors (Lipinski definition) is 1. The Bertz CT molecular complexity index is 830. The molecule has 6 heteroatoms. The van der Waals surface area contributed by atoms with Crippen LogP contribution in [0.25, 0.3) is 6.08 Å². The Morgan fingerprint density at radius 1 is 1.12 bits per heavy atom. The normalized spacial score (nSPS) is 10.6. The summed E-state index contributed by atoms with van der Waals surface area (Å²) in [4.78, 5) is 23.4. The number of carbonyl (C=O) groups excluding carboxylic acids is 2. The number of methoxy groups -OCH3 is 2. The third-order valence-corrected chi connectivity index (χ3v) is 3.63. The van der Waals surface area contributed by atoms with E-state index in [4.69, 9.17) is 21.1 Å². The van der Waals surface area contributed by atoms with Gasteiger partial charge in [0, 0.05) is 18.2 Å². The molecule has 0 radical (unpaired) electrons. The average molecular weight is 360 g/mol. The van der Waals surface area contributed by atoms with Crippen LogP contribution in [0.15, 0.2) is 42.5 Å². The van der Waals surface area contributed by atoms with Crippen molar-refractivity contribution in [3.05, 3.63) is 58.6 Å². The molecule has 0 spiro atoms. The van der Waals surface area contributed by atoms with Gasteiger partial charge < -0.3 is 14.8 Å². The fraction of sp³-hybridized carbons (Fsp3) is 0.158. The Hall–Kier alpha value is -2.79. The van der Waals surface area contributed by atoms with E-state index >= 15 is 0 Å². The summed E-state index contributed by atoms with van der Waals surface area (Å²) in [7, 11) is 3.02. The van der Waals surface area contributed by atoms with Crippen molar-refractivity contribution in [2.45, 2.75) is 6.92 Å². The van der Waals surface area contributed by atoms with Crippen molar-refractivity contribution in [3.8, 4) is 11.5 Å². The third-order valence-electron chi connectivity index (χ3n) is 3.35. The molecule has 0 unspecified atom stereocenters. The summed E-state index contributed by atoms with van der Waals surface area (Å²) in [6.45, 7) is 1.41. The Balaban J connectivity index is 2.23. The van der Waals surface area contributed by atoms with Gasteiger partial charge in [0.25, 0.3) is 0 Å². The summed E-state index contributed by atoms with van der Waals surface area (Å²) in [5.41, 5.74) is 1.74. The molecule has 0 aliphatic carbocycles. The Labute approximate surface area is 151 Å². The first-order valence-electron chi connectivity index (χ1n) is 7.46. The van der Waals surface area contributed by atoms with Crippen LogP contribution in [-0.2, 0) is 4.79 Å². The van der Waals surface area contributed by atoms with Gasteiger partial charge in [0.05, 0.1) is 19.2 Å². The maximum absolute atomic E-state index is 12.3. The molecule has 0 aromatic heterocycles. The van der Waals surface area contributed by atoms with Crippen LogP contribution in [0, 0.1) is 0 Å². The Morgan fingerprint density at radius 2 is 1.88 bits per heavy atom. The van der Waals surface area contributed by atoms with E-state index in [1.165, 1.54) is 27.2 Å². The van der Waals surface area contributed by atoms with Crippen molar-refractivity contribution in [2.75, 3.05) is 19.5 Å². The summed E-state index contributed by atoms with van der Waals surface area (Å²) >= 11 is 6.15. The van der Waals surface area contributed by atoms with Gasteiger partial charge in [-0.1, -0.05) is 29.8 Å². The number of carbonyl (C=O) groups is 2. The quantitative estimate of drug-likeness (QED) is 0.619. The molecule has 1 N–H and O–H groups in total. The van der Waals surface area contributed by atoms with Crippen LogP contribution < -0.4 is 14.8 Å². The molecule has 130 valence electrons. The molecule has 2 rings (SSSR count). The minimum absolute atomic E-state index is 0.194. The first-order chi connectivity index (χ1) is 11.9. The smallest absolute Gasteiger partial charge is 0.221 e. The average Bonchev–Trinajstić information content (AvgIpc) is 2.58. The highest BCUT2D eigenvalue weighted by Gasteiger charge is 2.10. The fourth-order valence-corrected chi connectivity index (χ4v) is 2.55. The molecule has 0 aliphatic rings. The lowest BCUT2D eigenvalue weighted by Gasteiger charge is -2.10. The van der Waals surface area contributed by atoms with Crippen molar-refractivity contribution in [3.63, 3.8) is 0 Å². The number of ether oxygens (including phenoxy) is 2. The Kier molecular flexibility index (Phi) is 6.19. The van der Waals surface area contributed by atoms with Crippen molar-refractivity contribution >= 4 is 35.1 Å². The molecular weight excluding hydrogens is 342 g/mol. The standard InChI is InChI=1S/C19H18ClNO4/c1-12(22)21-15-6-4-5-14(11-15)17(23)8-7-13-9-16(20)19(25-3)18(10-13)24-2/h4-11H,1-3H3,(H,21,22). The molecule has 5 nitrogen and oxygen atoms in total. The number of anilines is 1. The van der Waals surface area contributed by atoms with Crippen molar-refractivity contribution < 1.29 is 19.1 Å². The molecule has 25 heavy (non-hydrogen) atoms. The molecule has 0 fully saturated rings. The molecule has 0 saturated heterocycles. The van der Waals surface area contributed by atoms with Crippen LogP contribution in [0.1, 0.15) is 22.8 Å². The van der Waals surface area contributed by atoms with Gasteiger partial charge in [-0.25, -0.2) is 0 Å². The van der Waals surface area contributed by atoms with Crippen LogP contribution in [-0.4, -0.2) is 25.9 Å². The molecule has 0 aliphatic heterocycles.